The van der Waals surface area contributed by atoms with E-state index in [1.54, 1.807) is 36.3 Å². The van der Waals surface area contributed by atoms with E-state index in [0.717, 1.165) is 0 Å². The van der Waals surface area contributed by atoms with Gasteiger partial charge in [-0.3, -0.25) is 14.4 Å². The summed E-state index contributed by atoms with van der Waals surface area (Å²) in [5.41, 5.74) is 0.530. The topological polar surface area (TPSA) is 87.7 Å². The lowest BCUT2D eigenvalue weighted by Crippen LogP contribution is -2.38. The normalized spacial score (nSPS) is 16.8. The summed E-state index contributed by atoms with van der Waals surface area (Å²) in [6.45, 7) is 3.65. The van der Waals surface area contributed by atoms with Crippen LogP contribution in [0.25, 0.3) is 0 Å². The maximum absolute atomic E-state index is 12.0. The van der Waals surface area contributed by atoms with Crippen LogP contribution in [0.4, 0.5) is 0 Å². The van der Waals surface area contributed by atoms with Gasteiger partial charge in [-0.25, -0.2) is 0 Å². The Hall–Kier alpha value is -2.57. The van der Waals surface area contributed by atoms with Crippen LogP contribution in [0, 0.1) is 5.92 Å². The van der Waals surface area contributed by atoms with Gasteiger partial charge in [0.2, 0.25) is 11.8 Å². The van der Waals surface area contributed by atoms with Gasteiger partial charge in [0.05, 0.1) is 13.0 Å². The van der Waals surface area contributed by atoms with Crippen LogP contribution in [0.3, 0.4) is 0 Å². The third kappa shape index (κ3) is 4.47. The lowest BCUT2D eigenvalue weighted by Gasteiger charge is -2.13. The molecular formula is C17H23N3O4. The summed E-state index contributed by atoms with van der Waals surface area (Å²) >= 11 is 0. The number of nitrogens with zero attached hydrogens (tertiary/aromatic N) is 1. The molecule has 2 N–H and O–H groups in total. The summed E-state index contributed by atoms with van der Waals surface area (Å²) < 4.78 is 5.04. The highest BCUT2D eigenvalue weighted by molar-refractivity contribution is 5.94. The molecule has 0 saturated carbocycles. The molecule has 7 heteroatoms. The second-order valence-electron chi connectivity index (χ2n) is 5.61. The van der Waals surface area contributed by atoms with Crippen molar-refractivity contribution in [2.75, 3.05) is 33.3 Å². The zero-order chi connectivity index (χ0) is 17.5. The number of likely N-dealkylation sites (tertiary alicyclic amines) is 1. The van der Waals surface area contributed by atoms with Gasteiger partial charge in [0.1, 0.15) is 5.75 Å². The molecule has 0 aromatic heterocycles. The van der Waals surface area contributed by atoms with Gasteiger partial charge in [0.15, 0.2) is 0 Å². The van der Waals surface area contributed by atoms with Gasteiger partial charge in [-0.05, 0) is 31.2 Å². The van der Waals surface area contributed by atoms with Crippen molar-refractivity contribution in [3.63, 3.8) is 0 Å². The Morgan fingerprint density at radius 3 is 2.46 bits per heavy atom. The van der Waals surface area contributed by atoms with Crippen molar-refractivity contribution in [3.8, 4) is 5.75 Å². The van der Waals surface area contributed by atoms with Crippen LogP contribution in [-0.2, 0) is 9.59 Å². The largest absolute Gasteiger partial charge is 0.497 e. The van der Waals surface area contributed by atoms with E-state index < -0.39 is 0 Å². The molecule has 1 heterocycles. The van der Waals surface area contributed by atoms with Gasteiger partial charge in [0, 0.05) is 38.2 Å². The number of carbonyl (C=O) groups excluding carboxylic acids is 3. The molecular weight excluding hydrogens is 310 g/mol. The lowest BCUT2D eigenvalue weighted by atomic mass is 10.1. The van der Waals surface area contributed by atoms with E-state index in [1.807, 2.05) is 6.92 Å². The van der Waals surface area contributed by atoms with Gasteiger partial charge < -0.3 is 20.3 Å². The first-order valence-electron chi connectivity index (χ1n) is 8.03. The van der Waals surface area contributed by atoms with Crippen LogP contribution in [0.1, 0.15) is 23.7 Å². The Labute approximate surface area is 141 Å². The average Bonchev–Trinajstić information content (AvgIpc) is 2.99. The number of amides is 3. The molecule has 0 unspecified atom stereocenters. The highest BCUT2D eigenvalue weighted by atomic mass is 16.5. The zero-order valence-electron chi connectivity index (χ0n) is 14.0. The monoisotopic (exact) mass is 333 g/mol. The number of benzene rings is 1. The van der Waals surface area contributed by atoms with Gasteiger partial charge in [0.25, 0.3) is 5.91 Å². The molecule has 0 spiro atoms. The quantitative estimate of drug-likeness (QED) is 0.708. The van der Waals surface area contributed by atoms with E-state index in [0.29, 0.717) is 37.5 Å². The zero-order valence-corrected chi connectivity index (χ0v) is 14.0. The van der Waals surface area contributed by atoms with Crippen molar-refractivity contribution in [2.45, 2.75) is 13.3 Å². The molecule has 1 fully saturated rings. The third-order valence-corrected chi connectivity index (χ3v) is 4.03. The first kappa shape index (κ1) is 17.8. The Kier molecular flexibility index (Phi) is 6.17. The fourth-order valence-corrected chi connectivity index (χ4v) is 2.60. The fraction of sp³-hybridized carbons (Fsp3) is 0.471. The van der Waals surface area contributed by atoms with Gasteiger partial charge in [-0.1, -0.05) is 0 Å². The fourth-order valence-electron chi connectivity index (χ4n) is 2.60. The van der Waals surface area contributed by atoms with E-state index in [4.69, 9.17) is 4.74 Å². The van der Waals surface area contributed by atoms with Gasteiger partial charge in [-0.2, -0.15) is 0 Å². The van der Waals surface area contributed by atoms with E-state index in [-0.39, 0.29) is 30.1 Å². The Balaban J connectivity index is 1.69. The predicted octanol–water partition coefficient (Wildman–Crippen LogP) is 0.410. The van der Waals surface area contributed by atoms with Crippen molar-refractivity contribution < 1.29 is 19.1 Å². The maximum atomic E-state index is 12.0. The maximum Gasteiger partial charge on any atom is 0.251 e. The van der Waals surface area contributed by atoms with Crippen molar-refractivity contribution in [1.82, 2.24) is 15.5 Å². The third-order valence-electron chi connectivity index (χ3n) is 4.03. The molecule has 2 rings (SSSR count). The number of hydrogen-bond acceptors (Lipinski definition) is 4. The van der Waals surface area contributed by atoms with Crippen molar-refractivity contribution >= 4 is 17.7 Å². The van der Waals surface area contributed by atoms with E-state index >= 15 is 0 Å². The SMILES string of the molecule is CCN1C[C@@H](C(=O)NCCNC(=O)c2ccc(OC)cc2)CC1=O. The van der Waals surface area contributed by atoms with Crippen molar-refractivity contribution in [2.24, 2.45) is 5.92 Å². The summed E-state index contributed by atoms with van der Waals surface area (Å²) in [7, 11) is 1.56. The second kappa shape index (κ2) is 8.33. The van der Waals surface area contributed by atoms with E-state index in [1.165, 1.54) is 0 Å². The minimum atomic E-state index is -0.297. The van der Waals surface area contributed by atoms with Crippen LogP contribution in [0.15, 0.2) is 24.3 Å². The molecule has 24 heavy (non-hydrogen) atoms. The van der Waals surface area contributed by atoms with Crippen LogP contribution < -0.4 is 15.4 Å². The molecule has 7 nitrogen and oxygen atoms in total. The molecule has 0 bridgehead atoms. The highest BCUT2D eigenvalue weighted by Gasteiger charge is 2.32. The summed E-state index contributed by atoms with van der Waals surface area (Å²) in [6, 6.07) is 6.78. The number of nitrogens with one attached hydrogen (secondary N) is 2. The van der Waals surface area contributed by atoms with Crippen LogP contribution in [0.2, 0.25) is 0 Å². The van der Waals surface area contributed by atoms with Crippen molar-refractivity contribution in [3.05, 3.63) is 29.8 Å². The summed E-state index contributed by atoms with van der Waals surface area (Å²) in [5, 5.41) is 5.50. The van der Waals surface area contributed by atoms with Gasteiger partial charge in [-0.15, -0.1) is 0 Å². The molecule has 1 aromatic carbocycles. The molecule has 130 valence electrons. The first-order chi connectivity index (χ1) is 11.5. The number of carbonyl (C=O) groups is 3. The molecule has 1 saturated heterocycles. The predicted molar refractivity (Wildman–Crippen MR) is 88.7 cm³/mol. The van der Waals surface area contributed by atoms with Crippen molar-refractivity contribution in [1.29, 1.82) is 0 Å². The van der Waals surface area contributed by atoms with Crippen LogP contribution in [0.5, 0.6) is 5.75 Å². The molecule has 0 aliphatic carbocycles. The highest BCUT2D eigenvalue weighted by Crippen LogP contribution is 2.17. The van der Waals surface area contributed by atoms with Crippen LogP contribution in [-0.4, -0.2) is 55.9 Å². The molecule has 1 atom stereocenters. The first-order valence-corrected chi connectivity index (χ1v) is 8.03. The Morgan fingerprint density at radius 1 is 1.21 bits per heavy atom. The van der Waals surface area contributed by atoms with E-state index in [9.17, 15) is 14.4 Å². The van der Waals surface area contributed by atoms with Crippen LogP contribution >= 0.6 is 0 Å². The number of methoxy groups -OCH3 is 1. The summed E-state index contributed by atoms with van der Waals surface area (Å²) in [5.74, 6) is 0.0596. The van der Waals surface area contributed by atoms with Gasteiger partial charge >= 0.3 is 0 Å². The van der Waals surface area contributed by atoms with E-state index in [2.05, 4.69) is 10.6 Å². The number of hydrogen-bond donors (Lipinski definition) is 2. The minimum Gasteiger partial charge on any atom is -0.497 e. The molecule has 1 aliphatic heterocycles. The lowest BCUT2D eigenvalue weighted by molar-refractivity contribution is -0.128. The Morgan fingerprint density at radius 2 is 1.88 bits per heavy atom. The smallest absolute Gasteiger partial charge is 0.251 e. The second-order valence-corrected chi connectivity index (χ2v) is 5.61. The average molecular weight is 333 g/mol. The molecule has 3 amide bonds. The molecule has 1 aliphatic rings. The standard InChI is InChI=1S/C17H23N3O4/c1-3-20-11-13(10-15(20)21)17(23)19-9-8-18-16(22)12-4-6-14(24-2)7-5-12/h4-7,13H,3,8-11H2,1-2H3,(H,18,22)(H,19,23)/t13-/m0/s1. The Bertz CT molecular complexity index is 600. The summed E-state index contributed by atoms with van der Waals surface area (Å²) in [6.07, 6.45) is 0.262. The minimum absolute atomic E-state index is 0.0189. The molecule has 0 radical (unpaired) electrons. The number of ether oxygens (including phenoxy) is 1. The molecule has 1 aromatic rings. The number of rotatable bonds is 7. The summed E-state index contributed by atoms with van der Waals surface area (Å²) in [4.78, 5) is 37.3.